The highest BCUT2D eigenvalue weighted by molar-refractivity contribution is 7.89. The lowest BCUT2D eigenvalue weighted by atomic mass is 10.2. The van der Waals surface area contributed by atoms with Crippen LogP contribution < -0.4 is 10.0 Å². The van der Waals surface area contributed by atoms with Crippen LogP contribution in [-0.4, -0.2) is 31.8 Å². The van der Waals surface area contributed by atoms with Crippen molar-refractivity contribution in [2.75, 3.05) is 18.0 Å². The maximum Gasteiger partial charge on any atom is 0.240 e. The Morgan fingerprint density at radius 2 is 1.75 bits per heavy atom. The summed E-state index contributed by atoms with van der Waals surface area (Å²) in [5, 5.41) is 12.7. The number of fused-ring (bicyclic) bond motifs is 1. The van der Waals surface area contributed by atoms with Gasteiger partial charge >= 0.3 is 0 Å². The number of nitrogens with zero attached hydrogens (tertiary/aromatic N) is 3. The van der Waals surface area contributed by atoms with E-state index in [2.05, 4.69) is 29.1 Å². The number of hydrogen-bond donors (Lipinski definition) is 1. The first-order valence-corrected chi connectivity index (χ1v) is 8.06. The van der Waals surface area contributed by atoms with Crippen LogP contribution in [-0.2, 0) is 10.0 Å². The summed E-state index contributed by atoms with van der Waals surface area (Å²) in [6, 6.07) is 3.16. The van der Waals surface area contributed by atoms with Crippen molar-refractivity contribution in [3.05, 3.63) is 12.1 Å². The van der Waals surface area contributed by atoms with Crippen LogP contribution >= 0.6 is 0 Å². The molecule has 7 nitrogen and oxygen atoms in total. The standard InChI is InChI=1S/C12H18N4O3S/c1-3-7-16(8-4-2)9-5-6-10(20(13,17)18)12-11(9)14-19-15-12/h5-6H,3-4,7-8H2,1-2H3,(H2,13,17,18). The van der Waals surface area contributed by atoms with E-state index in [-0.39, 0.29) is 10.4 Å². The van der Waals surface area contributed by atoms with Crippen molar-refractivity contribution >= 4 is 26.7 Å². The molecule has 20 heavy (non-hydrogen) atoms. The molecule has 0 spiro atoms. The fourth-order valence-corrected chi connectivity index (χ4v) is 2.87. The van der Waals surface area contributed by atoms with Crippen molar-refractivity contribution in [3.8, 4) is 0 Å². The van der Waals surface area contributed by atoms with Gasteiger partial charge in [-0.25, -0.2) is 18.2 Å². The van der Waals surface area contributed by atoms with Crippen LogP contribution in [0.5, 0.6) is 0 Å². The lowest BCUT2D eigenvalue weighted by molar-refractivity contribution is 0.315. The van der Waals surface area contributed by atoms with Gasteiger partial charge in [-0.3, -0.25) is 0 Å². The van der Waals surface area contributed by atoms with Crippen LogP contribution in [0, 0.1) is 0 Å². The maximum atomic E-state index is 11.5. The highest BCUT2D eigenvalue weighted by atomic mass is 32.2. The van der Waals surface area contributed by atoms with Gasteiger partial charge in [-0.1, -0.05) is 13.8 Å². The van der Waals surface area contributed by atoms with E-state index in [0.29, 0.717) is 5.52 Å². The van der Waals surface area contributed by atoms with E-state index in [1.165, 1.54) is 6.07 Å². The van der Waals surface area contributed by atoms with Crippen LogP contribution in [0.15, 0.2) is 21.7 Å². The normalized spacial score (nSPS) is 11.9. The predicted octanol–water partition coefficient (Wildman–Crippen LogP) is 1.50. The molecule has 8 heteroatoms. The number of nitrogens with two attached hydrogens (primary N) is 1. The Bertz CT molecular complexity index is 690. The van der Waals surface area contributed by atoms with E-state index in [9.17, 15) is 8.42 Å². The second-order valence-corrected chi connectivity index (χ2v) is 6.11. The van der Waals surface area contributed by atoms with Crippen molar-refractivity contribution in [2.24, 2.45) is 5.14 Å². The molecule has 0 bridgehead atoms. The van der Waals surface area contributed by atoms with Gasteiger partial charge in [0, 0.05) is 13.1 Å². The minimum absolute atomic E-state index is 0.0644. The zero-order valence-electron chi connectivity index (χ0n) is 11.5. The fraction of sp³-hybridized carbons (Fsp3) is 0.500. The molecule has 0 saturated heterocycles. The van der Waals surface area contributed by atoms with Crippen molar-refractivity contribution in [3.63, 3.8) is 0 Å². The summed E-state index contributed by atoms with van der Waals surface area (Å²) in [5.74, 6) is 0. The summed E-state index contributed by atoms with van der Waals surface area (Å²) in [7, 11) is -3.85. The molecule has 0 aliphatic carbocycles. The number of aromatic nitrogens is 2. The molecule has 0 aliphatic heterocycles. The molecule has 2 rings (SSSR count). The molecule has 110 valence electrons. The van der Waals surface area contributed by atoms with Gasteiger partial charge in [0.15, 0.2) is 11.0 Å². The smallest absolute Gasteiger partial charge is 0.240 e. The second kappa shape index (κ2) is 5.76. The van der Waals surface area contributed by atoms with E-state index >= 15 is 0 Å². The Labute approximate surface area is 117 Å². The van der Waals surface area contributed by atoms with Gasteiger partial charge in [0.05, 0.1) is 5.69 Å². The molecular formula is C12H18N4O3S. The molecule has 0 saturated carbocycles. The minimum Gasteiger partial charge on any atom is -0.370 e. The number of rotatable bonds is 6. The molecule has 0 fully saturated rings. The van der Waals surface area contributed by atoms with Crippen LogP contribution in [0.3, 0.4) is 0 Å². The Balaban J connectivity index is 2.59. The molecule has 2 N–H and O–H groups in total. The zero-order chi connectivity index (χ0) is 14.8. The Morgan fingerprint density at radius 1 is 1.15 bits per heavy atom. The van der Waals surface area contributed by atoms with E-state index in [1.54, 1.807) is 6.07 Å². The summed E-state index contributed by atoms with van der Waals surface area (Å²) in [5.41, 5.74) is 1.43. The third-order valence-corrected chi connectivity index (χ3v) is 3.93. The van der Waals surface area contributed by atoms with Crippen molar-refractivity contribution in [2.45, 2.75) is 31.6 Å². The van der Waals surface area contributed by atoms with Gasteiger partial charge in [-0.15, -0.1) is 0 Å². The highest BCUT2D eigenvalue weighted by Crippen LogP contribution is 2.29. The molecule has 0 atom stereocenters. The monoisotopic (exact) mass is 298 g/mol. The number of sulfonamides is 1. The molecule has 0 unspecified atom stereocenters. The minimum atomic E-state index is -3.85. The Morgan fingerprint density at radius 3 is 2.30 bits per heavy atom. The molecule has 1 aromatic carbocycles. The average Bonchev–Trinajstić information content (AvgIpc) is 2.85. The van der Waals surface area contributed by atoms with Gasteiger partial charge in [-0.2, -0.15) is 0 Å². The molecule has 1 heterocycles. The van der Waals surface area contributed by atoms with Crippen LogP contribution in [0.1, 0.15) is 26.7 Å². The highest BCUT2D eigenvalue weighted by Gasteiger charge is 2.21. The molecular weight excluding hydrogens is 280 g/mol. The first-order valence-electron chi connectivity index (χ1n) is 6.52. The van der Waals surface area contributed by atoms with Crippen LogP contribution in [0.2, 0.25) is 0 Å². The lowest BCUT2D eigenvalue weighted by Crippen LogP contribution is -2.25. The predicted molar refractivity (Wildman–Crippen MR) is 76.0 cm³/mol. The number of hydrogen-bond acceptors (Lipinski definition) is 6. The van der Waals surface area contributed by atoms with Gasteiger partial charge in [-0.05, 0) is 35.3 Å². The van der Waals surface area contributed by atoms with Gasteiger partial charge in [0.25, 0.3) is 0 Å². The third-order valence-electron chi connectivity index (χ3n) is 2.99. The quantitative estimate of drug-likeness (QED) is 0.867. The Hall–Kier alpha value is -1.67. The molecule has 2 aromatic rings. The van der Waals surface area contributed by atoms with Crippen LogP contribution in [0.25, 0.3) is 11.0 Å². The topological polar surface area (TPSA) is 102 Å². The number of benzene rings is 1. The van der Waals surface area contributed by atoms with E-state index < -0.39 is 10.0 Å². The van der Waals surface area contributed by atoms with Crippen molar-refractivity contribution in [1.29, 1.82) is 0 Å². The first-order chi connectivity index (χ1) is 9.49. The van der Waals surface area contributed by atoms with Crippen molar-refractivity contribution in [1.82, 2.24) is 10.3 Å². The molecule has 0 radical (unpaired) electrons. The summed E-state index contributed by atoms with van der Waals surface area (Å²) >= 11 is 0. The molecule has 0 amide bonds. The molecule has 0 aliphatic rings. The largest absolute Gasteiger partial charge is 0.370 e. The average molecular weight is 298 g/mol. The summed E-state index contributed by atoms with van der Waals surface area (Å²) < 4.78 is 27.8. The van der Waals surface area contributed by atoms with Gasteiger partial charge in [0.1, 0.15) is 4.90 Å². The van der Waals surface area contributed by atoms with Crippen molar-refractivity contribution < 1.29 is 13.0 Å². The third kappa shape index (κ3) is 2.75. The SMILES string of the molecule is CCCN(CCC)c1ccc(S(N)(=O)=O)c2nonc12. The van der Waals surface area contributed by atoms with Crippen LogP contribution in [0.4, 0.5) is 5.69 Å². The van der Waals surface area contributed by atoms with E-state index in [1.807, 2.05) is 0 Å². The summed E-state index contributed by atoms with van der Waals surface area (Å²) in [4.78, 5) is 2.07. The number of anilines is 1. The first kappa shape index (κ1) is 14.7. The van der Waals surface area contributed by atoms with Gasteiger partial charge in [0.2, 0.25) is 10.0 Å². The lowest BCUT2D eigenvalue weighted by Gasteiger charge is -2.23. The summed E-state index contributed by atoms with van der Waals surface area (Å²) in [6.45, 7) is 5.87. The Kier molecular flexibility index (Phi) is 4.24. The fourth-order valence-electron chi connectivity index (χ4n) is 2.21. The van der Waals surface area contributed by atoms with E-state index in [4.69, 9.17) is 9.77 Å². The zero-order valence-corrected chi connectivity index (χ0v) is 12.4. The van der Waals surface area contributed by atoms with Gasteiger partial charge < -0.3 is 4.90 Å². The summed E-state index contributed by atoms with van der Waals surface area (Å²) in [6.07, 6.45) is 1.95. The maximum absolute atomic E-state index is 11.5. The second-order valence-electron chi connectivity index (χ2n) is 4.58. The molecule has 1 aromatic heterocycles. The van der Waals surface area contributed by atoms with E-state index in [0.717, 1.165) is 31.6 Å². The number of primary sulfonamides is 1.